The zero-order valence-corrected chi connectivity index (χ0v) is 11.0. The number of nitrogens with zero attached hydrogens (tertiary/aromatic N) is 1. The van der Waals surface area contributed by atoms with Gasteiger partial charge in [-0.1, -0.05) is 12.2 Å². The van der Waals surface area contributed by atoms with Crippen LogP contribution in [0.15, 0.2) is 22.9 Å². The molecule has 3 nitrogen and oxygen atoms in total. The van der Waals surface area contributed by atoms with Crippen LogP contribution < -0.4 is 0 Å². The molecule has 3 rings (SSSR count). The first-order chi connectivity index (χ1) is 8.66. The topological polar surface area (TPSA) is 37.4 Å². The van der Waals surface area contributed by atoms with E-state index in [2.05, 4.69) is 6.58 Å². The molecule has 2 heterocycles. The first-order valence-electron chi connectivity index (χ1n) is 6.22. The number of hydrogen-bond acceptors (Lipinski definition) is 3. The van der Waals surface area contributed by atoms with E-state index in [9.17, 15) is 9.59 Å². The Morgan fingerprint density at radius 2 is 2.17 bits per heavy atom. The van der Waals surface area contributed by atoms with E-state index in [4.69, 9.17) is 0 Å². The van der Waals surface area contributed by atoms with Crippen LogP contribution in [0.5, 0.6) is 0 Å². The predicted octanol–water partition coefficient (Wildman–Crippen LogP) is 2.77. The molecule has 1 amide bonds. The van der Waals surface area contributed by atoms with Gasteiger partial charge in [0, 0.05) is 18.3 Å². The van der Waals surface area contributed by atoms with Gasteiger partial charge in [-0.3, -0.25) is 9.59 Å². The quantitative estimate of drug-likeness (QED) is 0.576. The number of hydrogen-bond donors (Lipinski definition) is 0. The fourth-order valence-corrected chi connectivity index (χ4v) is 3.61. The van der Waals surface area contributed by atoms with Gasteiger partial charge in [0.15, 0.2) is 5.78 Å². The normalized spacial score (nSPS) is 24.3. The fraction of sp³-hybridized carbons (Fsp3) is 0.429. The van der Waals surface area contributed by atoms with E-state index in [0.29, 0.717) is 13.0 Å². The smallest absolute Gasteiger partial charge is 0.255 e. The Labute approximate surface area is 110 Å². The van der Waals surface area contributed by atoms with E-state index >= 15 is 0 Å². The summed E-state index contributed by atoms with van der Waals surface area (Å²) >= 11 is 1.55. The van der Waals surface area contributed by atoms with Gasteiger partial charge in [0.1, 0.15) is 0 Å². The van der Waals surface area contributed by atoms with Crippen LogP contribution in [-0.2, 0) is 11.3 Å². The summed E-state index contributed by atoms with van der Waals surface area (Å²) < 4.78 is 0. The van der Waals surface area contributed by atoms with Gasteiger partial charge in [-0.15, -0.1) is 0 Å². The number of allylic oxidation sites excluding steroid dienone is 1. The minimum Gasteiger partial charge on any atom is -0.324 e. The molecule has 2 aliphatic rings. The van der Waals surface area contributed by atoms with Gasteiger partial charge in [-0.05, 0) is 30.2 Å². The maximum absolute atomic E-state index is 12.3. The summed E-state index contributed by atoms with van der Waals surface area (Å²) in [5, 5.41) is 3.89. The minimum atomic E-state index is -0.242. The molecule has 1 aliphatic carbocycles. The molecule has 0 N–H and O–H groups in total. The van der Waals surface area contributed by atoms with Crippen molar-refractivity contribution in [3.05, 3.63) is 34.0 Å². The van der Waals surface area contributed by atoms with Crippen molar-refractivity contribution in [2.45, 2.75) is 38.3 Å². The first-order valence-corrected chi connectivity index (χ1v) is 7.16. The Kier molecular flexibility index (Phi) is 2.82. The number of rotatable bonds is 1. The lowest BCUT2D eigenvalue weighted by Gasteiger charge is -2.25. The Balaban J connectivity index is 1.84. The first kappa shape index (κ1) is 11.7. The number of amides is 1. The summed E-state index contributed by atoms with van der Waals surface area (Å²) in [5.74, 6) is 0.178. The average Bonchev–Trinajstić information content (AvgIpc) is 2.84. The summed E-state index contributed by atoms with van der Waals surface area (Å²) in [4.78, 5) is 26.2. The fourth-order valence-electron chi connectivity index (χ4n) is 2.78. The molecule has 1 aromatic rings. The van der Waals surface area contributed by atoms with Crippen LogP contribution in [0.3, 0.4) is 0 Å². The zero-order valence-electron chi connectivity index (χ0n) is 10.1. The molecule has 18 heavy (non-hydrogen) atoms. The number of thiophene rings is 1. The molecule has 0 bridgehead atoms. The molecule has 0 aromatic carbocycles. The molecule has 1 unspecified atom stereocenters. The third kappa shape index (κ3) is 1.81. The summed E-state index contributed by atoms with van der Waals surface area (Å²) in [7, 11) is 0. The number of carbonyl (C=O) groups is 2. The van der Waals surface area contributed by atoms with E-state index in [1.165, 1.54) is 0 Å². The third-order valence-corrected chi connectivity index (χ3v) is 4.55. The molecule has 1 aromatic heterocycles. The molecule has 0 spiro atoms. The van der Waals surface area contributed by atoms with Crippen LogP contribution in [0, 0.1) is 0 Å². The van der Waals surface area contributed by atoms with E-state index in [-0.39, 0.29) is 17.7 Å². The highest BCUT2D eigenvalue weighted by atomic mass is 32.1. The Morgan fingerprint density at radius 3 is 2.94 bits per heavy atom. The standard InChI is InChI=1S/C14H15NO2S/c1-9-3-2-4-12(13(16)5-9)15-6-10-7-18-8-11(10)14(15)17/h7-8,12H,1-6H2. The maximum atomic E-state index is 12.3. The third-order valence-electron chi connectivity index (χ3n) is 3.75. The lowest BCUT2D eigenvalue weighted by molar-refractivity contribution is -0.122. The van der Waals surface area contributed by atoms with E-state index in [0.717, 1.165) is 36.0 Å². The van der Waals surface area contributed by atoms with Crippen LogP contribution in [0.4, 0.5) is 0 Å². The largest absolute Gasteiger partial charge is 0.324 e. The lowest BCUT2D eigenvalue weighted by Crippen LogP contribution is -2.40. The van der Waals surface area contributed by atoms with Crippen LogP contribution in [0.25, 0.3) is 0 Å². The van der Waals surface area contributed by atoms with Crippen molar-refractivity contribution >= 4 is 23.0 Å². The van der Waals surface area contributed by atoms with Gasteiger partial charge in [0.2, 0.25) is 0 Å². The van der Waals surface area contributed by atoms with Gasteiger partial charge < -0.3 is 4.90 Å². The highest BCUT2D eigenvalue weighted by Gasteiger charge is 2.37. The van der Waals surface area contributed by atoms with Crippen molar-refractivity contribution in [1.82, 2.24) is 4.90 Å². The average molecular weight is 261 g/mol. The highest BCUT2D eigenvalue weighted by Crippen LogP contribution is 2.31. The van der Waals surface area contributed by atoms with Crippen LogP contribution in [0.1, 0.15) is 41.6 Å². The summed E-state index contributed by atoms with van der Waals surface area (Å²) in [6.07, 6.45) is 3.07. The van der Waals surface area contributed by atoms with Gasteiger partial charge in [0.05, 0.1) is 11.6 Å². The van der Waals surface area contributed by atoms with E-state index < -0.39 is 0 Å². The van der Waals surface area contributed by atoms with Crippen LogP contribution >= 0.6 is 11.3 Å². The van der Waals surface area contributed by atoms with Crippen LogP contribution in [0.2, 0.25) is 0 Å². The minimum absolute atomic E-state index is 0.0251. The number of Topliss-reactive ketones (excluding diaryl/α,β-unsaturated/α-hetero) is 1. The van der Waals surface area contributed by atoms with Gasteiger partial charge >= 0.3 is 0 Å². The Bertz CT molecular complexity index is 532. The van der Waals surface area contributed by atoms with Crippen molar-refractivity contribution in [2.75, 3.05) is 0 Å². The Morgan fingerprint density at radius 1 is 1.33 bits per heavy atom. The molecule has 0 saturated heterocycles. The summed E-state index contributed by atoms with van der Waals surface area (Å²) in [5.41, 5.74) is 2.86. The highest BCUT2D eigenvalue weighted by molar-refractivity contribution is 7.08. The number of carbonyl (C=O) groups excluding carboxylic acids is 2. The van der Waals surface area contributed by atoms with Crippen molar-refractivity contribution in [1.29, 1.82) is 0 Å². The van der Waals surface area contributed by atoms with Gasteiger partial charge in [-0.25, -0.2) is 0 Å². The number of fused-ring (bicyclic) bond motifs is 1. The Hall–Kier alpha value is -1.42. The molecule has 1 atom stereocenters. The second-order valence-corrected chi connectivity index (χ2v) is 5.79. The molecule has 94 valence electrons. The van der Waals surface area contributed by atoms with Crippen molar-refractivity contribution in [2.24, 2.45) is 0 Å². The second-order valence-electron chi connectivity index (χ2n) is 5.04. The summed E-state index contributed by atoms with van der Waals surface area (Å²) in [6.45, 7) is 4.51. The number of ketones is 1. The van der Waals surface area contributed by atoms with E-state index in [1.807, 2.05) is 10.8 Å². The lowest BCUT2D eigenvalue weighted by atomic mass is 10.1. The zero-order chi connectivity index (χ0) is 12.7. The van der Waals surface area contributed by atoms with Crippen molar-refractivity contribution < 1.29 is 9.59 Å². The molecule has 1 aliphatic heterocycles. The summed E-state index contributed by atoms with van der Waals surface area (Å²) in [6, 6.07) is -0.242. The van der Waals surface area contributed by atoms with Crippen molar-refractivity contribution in [3.63, 3.8) is 0 Å². The molecule has 1 fully saturated rings. The molecule has 1 saturated carbocycles. The van der Waals surface area contributed by atoms with Gasteiger partial charge in [-0.2, -0.15) is 11.3 Å². The molecule has 0 radical (unpaired) electrons. The van der Waals surface area contributed by atoms with Crippen LogP contribution in [-0.4, -0.2) is 22.6 Å². The van der Waals surface area contributed by atoms with Gasteiger partial charge in [0.25, 0.3) is 5.91 Å². The molecular weight excluding hydrogens is 246 g/mol. The molecular formula is C14H15NO2S. The second kappa shape index (κ2) is 4.35. The molecule has 4 heteroatoms. The van der Waals surface area contributed by atoms with Crippen molar-refractivity contribution in [3.8, 4) is 0 Å². The maximum Gasteiger partial charge on any atom is 0.255 e. The van der Waals surface area contributed by atoms with E-state index in [1.54, 1.807) is 16.2 Å². The predicted molar refractivity (Wildman–Crippen MR) is 70.6 cm³/mol. The SMILES string of the molecule is C=C1CCCC(N2Cc3cscc3C2=O)C(=O)C1. The monoisotopic (exact) mass is 261 g/mol.